The van der Waals surface area contributed by atoms with Crippen LogP contribution in [0.4, 0.5) is 5.69 Å². The van der Waals surface area contributed by atoms with Crippen molar-refractivity contribution in [2.45, 2.75) is 0 Å². The fourth-order valence-electron chi connectivity index (χ4n) is 0.998. The number of nitriles is 3. The second kappa shape index (κ2) is 5.92. The van der Waals surface area contributed by atoms with E-state index in [0.717, 1.165) is 0 Å². The maximum Gasteiger partial charge on any atom is 0.145 e. The van der Waals surface area contributed by atoms with E-state index in [1.807, 2.05) is 6.07 Å². The van der Waals surface area contributed by atoms with Gasteiger partial charge >= 0.3 is 0 Å². The fourth-order valence-corrected chi connectivity index (χ4v) is 1.51. The Balaban J connectivity index is 3.14. The van der Waals surface area contributed by atoms with Gasteiger partial charge in [-0.1, -0.05) is 11.6 Å². The summed E-state index contributed by atoms with van der Waals surface area (Å²) in [6.45, 7) is 0. The summed E-state index contributed by atoms with van der Waals surface area (Å²) >= 11 is 9.08. The number of hydrogen-bond donors (Lipinski definition) is 1. The number of anilines is 1. The van der Waals surface area contributed by atoms with E-state index in [2.05, 4.69) is 21.2 Å². The molecule has 6 heteroatoms. The van der Waals surface area contributed by atoms with Crippen LogP contribution in [-0.4, -0.2) is 0 Å². The Bertz CT molecular complexity index is 586. The molecule has 0 radical (unpaired) electrons. The number of nitrogens with zero attached hydrogens (tertiary/aromatic N) is 3. The number of allylic oxidation sites excluding steroid dienone is 1. The van der Waals surface area contributed by atoms with Gasteiger partial charge in [0.2, 0.25) is 0 Å². The number of nitrogens with one attached hydrogen (secondary N) is 1. The molecule has 0 saturated carbocycles. The summed E-state index contributed by atoms with van der Waals surface area (Å²) in [7, 11) is 0. The lowest BCUT2D eigenvalue weighted by molar-refractivity contribution is 1.43. The van der Waals surface area contributed by atoms with E-state index in [9.17, 15) is 0 Å². The van der Waals surface area contributed by atoms with Crippen molar-refractivity contribution < 1.29 is 0 Å². The quantitative estimate of drug-likeness (QED) is 0.849. The molecule has 0 aromatic heterocycles. The van der Waals surface area contributed by atoms with E-state index in [1.165, 1.54) is 12.3 Å². The number of halogens is 2. The lowest BCUT2D eigenvalue weighted by Crippen LogP contribution is -1.93. The topological polar surface area (TPSA) is 83.4 Å². The molecule has 0 fully saturated rings. The zero-order valence-corrected chi connectivity index (χ0v) is 10.7. The Kier molecular flexibility index (Phi) is 4.55. The SMILES string of the molecule is N#CC(C#N)=CNc1cc(Cl)c(Br)cc1C#N. The highest BCUT2D eigenvalue weighted by molar-refractivity contribution is 9.10. The molecule has 0 aliphatic carbocycles. The molecule has 0 bridgehead atoms. The second-order valence-corrected chi connectivity index (χ2v) is 4.11. The molecule has 0 amide bonds. The minimum Gasteiger partial charge on any atom is -0.359 e. The third kappa shape index (κ3) is 3.23. The third-order valence-corrected chi connectivity index (χ3v) is 2.99. The van der Waals surface area contributed by atoms with Crippen LogP contribution in [0.1, 0.15) is 5.56 Å². The van der Waals surface area contributed by atoms with Crippen LogP contribution in [0.15, 0.2) is 28.4 Å². The van der Waals surface area contributed by atoms with Crippen molar-refractivity contribution in [1.82, 2.24) is 0 Å². The summed E-state index contributed by atoms with van der Waals surface area (Å²) in [6.07, 6.45) is 1.22. The molecule has 1 N–H and O–H groups in total. The van der Waals surface area contributed by atoms with Crippen molar-refractivity contribution in [3.63, 3.8) is 0 Å². The van der Waals surface area contributed by atoms with Crippen LogP contribution in [0.25, 0.3) is 0 Å². The molecule has 82 valence electrons. The zero-order chi connectivity index (χ0) is 12.8. The van der Waals surface area contributed by atoms with Gasteiger partial charge in [-0.25, -0.2) is 0 Å². The summed E-state index contributed by atoms with van der Waals surface area (Å²) < 4.78 is 0.603. The first kappa shape index (κ1) is 13.1. The minimum atomic E-state index is -0.0899. The van der Waals surface area contributed by atoms with Gasteiger partial charge < -0.3 is 5.32 Å². The van der Waals surface area contributed by atoms with Gasteiger partial charge in [-0.05, 0) is 28.1 Å². The van der Waals surface area contributed by atoms with Crippen LogP contribution in [-0.2, 0) is 0 Å². The van der Waals surface area contributed by atoms with Crippen LogP contribution in [0, 0.1) is 34.0 Å². The van der Waals surface area contributed by atoms with E-state index >= 15 is 0 Å². The van der Waals surface area contributed by atoms with E-state index in [4.69, 9.17) is 27.4 Å². The molecule has 1 aromatic rings. The van der Waals surface area contributed by atoms with E-state index in [-0.39, 0.29) is 5.57 Å². The van der Waals surface area contributed by atoms with Gasteiger partial charge in [-0.15, -0.1) is 0 Å². The van der Waals surface area contributed by atoms with Gasteiger partial charge in [0.25, 0.3) is 0 Å². The zero-order valence-electron chi connectivity index (χ0n) is 8.33. The van der Waals surface area contributed by atoms with Crippen molar-refractivity contribution >= 4 is 33.2 Å². The predicted molar refractivity (Wildman–Crippen MR) is 66.8 cm³/mol. The normalized spacial score (nSPS) is 8.41. The molecule has 0 atom stereocenters. The Morgan fingerprint density at radius 1 is 1.29 bits per heavy atom. The van der Waals surface area contributed by atoms with Crippen LogP contribution in [0.3, 0.4) is 0 Å². The highest BCUT2D eigenvalue weighted by atomic mass is 79.9. The molecule has 0 aliphatic heterocycles. The Labute approximate surface area is 111 Å². The molecule has 17 heavy (non-hydrogen) atoms. The van der Waals surface area contributed by atoms with Crippen molar-refractivity contribution in [3.8, 4) is 18.2 Å². The Hall–Kier alpha value is -2.00. The first-order valence-electron chi connectivity index (χ1n) is 4.28. The average molecular weight is 308 g/mol. The minimum absolute atomic E-state index is 0.0899. The summed E-state index contributed by atoms with van der Waals surface area (Å²) in [5.74, 6) is 0. The lowest BCUT2D eigenvalue weighted by Gasteiger charge is -2.05. The van der Waals surface area contributed by atoms with Gasteiger partial charge in [0.05, 0.1) is 16.3 Å². The highest BCUT2D eigenvalue weighted by Gasteiger charge is 2.06. The second-order valence-electron chi connectivity index (χ2n) is 2.85. The lowest BCUT2D eigenvalue weighted by atomic mass is 10.2. The average Bonchev–Trinajstić information content (AvgIpc) is 2.34. The van der Waals surface area contributed by atoms with Crippen molar-refractivity contribution in [1.29, 1.82) is 15.8 Å². The van der Waals surface area contributed by atoms with Crippen molar-refractivity contribution in [3.05, 3.63) is 39.0 Å². The number of benzene rings is 1. The molecule has 4 nitrogen and oxygen atoms in total. The molecule has 0 saturated heterocycles. The molecule has 1 rings (SSSR count). The standard InChI is InChI=1S/C11H4BrClN4/c12-9-1-8(5-16)11(2-10(9)13)17-6-7(3-14)4-15/h1-2,6,17H. The summed E-state index contributed by atoms with van der Waals surface area (Å²) in [6, 6.07) is 8.46. The van der Waals surface area contributed by atoms with E-state index < -0.39 is 0 Å². The molecule has 0 unspecified atom stereocenters. The van der Waals surface area contributed by atoms with Crippen LogP contribution >= 0.6 is 27.5 Å². The maximum absolute atomic E-state index is 8.91. The van der Waals surface area contributed by atoms with Gasteiger partial charge in [0.15, 0.2) is 0 Å². The molecule has 1 aromatic carbocycles. The molecular formula is C11H4BrClN4. The van der Waals surface area contributed by atoms with E-state index in [1.54, 1.807) is 18.2 Å². The number of rotatable bonds is 2. The van der Waals surface area contributed by atoms with Crippen molar-refractivity contribution in [2.75, 3.05) is 5.32 Å². The number of hydrogen-bond acceptors (Lipinski definition) is 4. The van der Waals surface area contributed by atoms with Crippen LogP contribution in [0.5, 0.6) is 0 Å². The van der Waals surface area contributed by atoms with Gasteiger partial charge in [-0.3, -0.25) is 0 Å². The summed E-state index contributed by atoms with van der Waals surface area (Å²) in [5.41, 5.74) is 0.699. The molecule has 0 spiro atoms. The monoisotopic (exact) mass is 306 g/mol. The molecular weight excluding hydrogens is 304 g/mol. The molecule has 0 aliphatic rings. The predicted octanol–water partition coefficient (Wildman–Crippen LogP) is 3.32. The summed E-state index contributed by atoms with van der Waals surface area (Å²) in [4.78, 5) is 0. The van der Waals surface area contributed by atoms with Crippen molar-refractivity contribution in [2.24, 2.45) is 0 Å². The smallest absolute Gasteiger partial charge is 0.145 e. The highest BCUT2D eigenvalue weighted by Crippen LogP contribution is 2.29. The summed E-state index contributed by atoms with van der Waals surface area (Å²) in [5, 5.41) is 29.1. The first-order valence-corrected chi connectivity index (χ1v) is 5.45. The largest absolute Gasteiger partial charge is 0.359 e. The van der Waals surface area contributed by atoms with Gasteiger partial charge in [-0.2, -0.15) is 15.8 Å². The third-order valence-electron chi connectivity index (χ3n) is 1.79. The fraction of sp³-hybridized carbons (Fsp3) is 0. The van der Waals surface area contributed by atoms with Crippen LogP contribution < -0.4 is 5.32 Å². The maximum atomic E-state index is 8.91. The Morgan fingerprint density at radius 2 is 1.94 bits per heavy atom. The van der Waals surface area contributed by atoms with Gasteiger partial charge in [0, 0.05) is 10.7 Å². The first-order chi connectivity index (χ1) is 8.12. The van der Waals surface area contributed by atoms with Crippen LogP contribution in [0.2, 0.25) is 5.02 Å². The van der Waals surface area contributed by atoms with E-state index in [0.29, 0.717) is 20.7 Å². The Morgan fingerprint density at radius 3 is 2.47 bits per heavy atom. The molecule has 0 heterocycles. The van der Waals surface area contributed by atoms with Gasteiger partial charge in [0.1, 0.15) is 23.8 Å².